The molecule has 0 spiro atoms. The smallest absolute Gasteiger partial charge is 0.326 e. The molecule has 0 aromatic heterocycles. The van der Waals surface area contributed by atoms with Gasteiger partial charge in [0.1, 0.15) is 6.04 Å². The van der Waals surface area contributed by atoms with Gasteiger partial charge in [0, 0.05) is 12.3 Å². The van der Waals surface area contributed by atoms with Gasteiger partial charge in [-0.3, -0.25) is 4.79 Å². The first-order chi connectivity index (χ1) is 9.08. The monoisotopic (exact) mass is 261 g/mol. The summed E-state index contributed by atoms with van der Waals surface area (Å²) in [5.41, 5.74) is 0.911. The van der Waals surface area contributed by atoms with Crippen LogP contribution in [-0.2, 0) is 16.0 Å². The van der Waals surface area contributed by atoms with E-state index in [9.17, 15) is 14.7 Å². The number of aliphatic carboxylic acids is 1. The average molecular weight is 261 g/mol. The van der Waals surface area contributed by atoms with Gasteiger partial charge in [0.25, 0.3) is 0 Å². The van der Waals surface area contributed by atoms with Crippen LogP contribution in [0, 0.1) is 11.8 Å². The molecule has 1 amide bonds. The molecule has 4 nitrogen and oxygen atoms in total. The molecule has 4 heteroatoms. The van der Waals surface area contributed by atoms with Gasteiger partial charge in [0.15, 0.2) is 0 Å². The van der Waals surface area contributed by atoms with Crippen molar-refractivity contribution < 1.29 is 14.7 Å². The van der Waals surface area contributed by atoms with Crippen LogP contribution in [0.2, 0.25) is 0 Å². The Balaban J connectivity index is 1.96. The molecule has 1 aliphatic rings. The van der Waals surface area contributed by atoms with Crippen LogP contribution in [0.5, 0.6) is 0 Å². The van der Waals surface area contributed by atoms with Gasteiger partial charge in [-0.2, -0.15) is 0 Å². The fourth-order valence-corrected chi connectivity index (χ4v) is 2.16. The molecular weight excluding hydrogens is 242 g/mol. The first kappa shape index (κ1) is 13.6. The molecular formula is C15H19NO3. The largest absolute Gasteiger partial charge is 0.480 e. The third-order valence-electron chi connectivity index (χ3n) is 3.64. The Bertz CT molecular complexity index is 454. The Kier molecular flexibility index (Phi) is 4.20. The standard InChI is InChI=1S/C15H19NO3/c1-10(12-7-8-12)14(17)16-13(15(18)19)9-11-5-3-2-4-6-11/h2-6,10,12-13H,7-9H2,1H3,(H,16,17)(H,18,19)/t10?,13-/m1/s1. The Morgan fingerprint density at radius 1 is 1.32 bits per heavy atom. The van der Waals surface area contributed by atoms with Gasteiger partial charge in [0.05, 0.1) is 0 Å². The van der Waals surface area contributed by atoms with Gasteiger partial charge in [-0.1, -0.05) is 37.3 Å². The second kappa shape index (κ2) is 5.87. The number of carbonyl (C=O) groups excluding carboxylic acids is 1. The minimum atomic E-state index is -0.986. The van der Waals surface area contributed by atoms with Crippen molar-refractivity contribution in [3.05, 3.63) is 35.9 Å². The number of nitrogens with one attached hydrogen (secondary N) is 1. The Morgan fingerprint density at radius 3 is 2.47 bits per heavy atom. The van der Waals surface area contributed by atoms with Crippen molar-refractivity contribution in [3.8, 4) is 0 Å². The lowest BCUT2D eigenvalue weighted by molar-refractivity contribution is -0.142. The maximum absolute atomic E-state index is 12.0. The van der Waals surface area contributed by atoms with E-state index in [2.05, 4.69) is 5.32 Å². The summed E-state index contributed by atoms with van der Waals surface area (Å²) in [5, 5.41) is 11.9. The van der Waals surface area contributed by atoms with Crippen LogP contribution in [0.15, 0.2) is 30.3 Å². The van der Waals surface area contributed by atoms with Crippen molar-refractivity contribution in [1.29, 1.82) is 0 Å². The number of hydrogen-bond acceptors (Lipinski definition) is 2. The van der Waals surface area contributed by atoms with Gasteiger partial charge < -0.3 is 10.4 Å². The molecule has 102 valence electrons. The molecule has 1 aromatic rings. The van der Waals surface area contributed by atoms with E-state index in [1.54, 1.807) is 0 Å². The zero-order valence-electron chi connectivity index (χ0n) is 11.0. The molecule has 1 aromatic carbocycles. The van der Waals surface area contributed by atoms with Crippen LogP contribution in [0.3, 0.4) is 0 Å². The minimum absolute atomic E-state index is 0.0855. The van der Waals surface area contributed by atoms with E-state index in [4.69, 9.17) is 0 Å². The van der Waals surface area contributed by atoms with Crippen molar-refractivity contribution >= 4 is 11.9 Å². The zero-order chi connectivity index (χ0) is 13.8. The molecule has 2 atom stereocenters. The van der Waals surface area contributed by atoms with E-state index in [0.717, 1.165) is 18.4 Å². The minimum Gasteiger partial charge on any atom is -0.480 e. The Morgan fingerprint density at radius 2 is 1.95 bits per heavy atom. The highest BCUT2D eigenvalue weighted by Crippen LogP contribution is 2.36. The van der Waals surface area contributed by atoms with E-state index < -0.39 is 12.0 Å². The summed E-state index contributed by atoms with van der Waals surface area (Å²) in [7, 11) is 0. The molecule has 0 aliphatic heterocycles. The highest BCUT2D eigenvalue weighted by Gasteiger charge is 2.34. The molecule has 2 N–H and O–H groups in total. The van der Waals surface area contributed by atoms with Crippen molar-refractivity contribution in [1.82, 2.24) is 5.32 Å². The third-order valence-corrected chi connectivity index (χ3v) is 3.64. The second-order valence-electron chi connectivity index (χ2n) is 5.22. The molecule has 0 saturated heterocycles. The maximum atomic E-state index is 12.0. The summed E-state index contributed by atoms with van der Waals surface area (Å²) in [6.07, 6.45) is 2.47. The predicted molar refractivity (Wildman–Crippen MR) is 71.6 cm³/mol. The first-order valence-corrected chi connectivity index (χ1v) is 6.65. The third kappa shape index (κ3) is 3.81. The van der Waals surface area contributed by atoms with Gasteiger partial charge in [0.2, 0.25) is 5.91 Å². The number of rotatable bonds is 6. The Labute approximate surface area is 112 Å². The highest BCUT2D eigenvalue weighted by atomic mass is 16.4. The molecule has 1 unspecified atom stereocenters. The molecule has 0 heterocycles. The van der Waals surface area contributed by atoms with Crippen LogP contribution in [0.4, 0.5) is 0 Å². The predicted octanol–water partition coefficient (Wildman–Crippen LogP) is 1.84. The SMILES string of the molecule is CC(C(=O)N[C@H](Cc1ccccc1)C(=O)O)C1CC1. The number of carbonyl (C=O) groups is 2. The van der Waals surface area contributed by atoms with Crippen molar-refractivity contribution in [2.24, 2.45) is 11.8 Å². The van der Waals surface area contributed by atoms with Crippen molar-refractivity contribution in [2.75, 3.05) is 0 Å². The van der Waals surface area contributed by atoms with Gasteiger partial charge in [-0.25, -0.2) is 4.79 Å². The molecule has 2 rings (SSSR count). The first-order valence-electron chi connectivity index (χ1n) is 6.65. The highest BCUT2D eigenvalue weighted by molar-refractivity contribution is 5.85. The fraction of sp³-hybridized carbons (Fsp3) is 0.467. The number of benzene rings is 1. The van der Waals surface area contributed by atoms with Gasteiger partial charge in [-0.05, 0) is 24.3 Å². The summed E-state index contributed by atoms with van der Waals surface area (Å²) in [6, 6.07) is 8.49. The van der Waals surface area contributed by atoms with Crippen molar-refractivity contribution in [3.63, 3.8) is 0 Å². The van der Waals surface area contributed by atoms with Crippen LogP contribution in [0.1, 0.15) is 25.3 Å². The van der Waals surface area contributed by atoms with E-state index in [0.29, 0.717) is 12.3 Å². The summed E-state index contributed by atoms with van der Waals surface area (Å²) < 4.78 is 0. The summed E-state index contributed by atoms with van der Waals surface area (Å²) >= 11 is 0. The zero-order valence-corrected chi connectivity index (χ0v) is 11.0. The van der Waals surface area contributed by atoms with E-state index >= 15 is 0 Å². The molecule has 1 saturated carbocycles. The van der Waals surface area contributed by atoms with Gasteiger partial charge >= 0.3 is 5.97 Å². The second-order valence-corrected chi connectivity index (χ2v) is 5.22. The number of hydrogen-bond donors (Lipinski definition) is 2. The molecule has 0 radical (unpaired) electrons. The van der Waals surface area contributed by atoms with E-state index in [1.165, 1.54) is 0 Å². The van der Waals surface area contributed by atoms with Crippen LogP contribution < -0.4 is 5.32 Å². The number of amides is 1. The normalized spacial score (nSPS) is 17.5. The van der Waals surface area contributed by atoms with Crippen molar-refractivity contribution in [2.45, 2.75) is 32.2 Å². The van der Waals surface area contributed by atoms with Gasteiger partial charge in [-0.15, -0.1) is 0 Å². The number of carboxylic acid groups (broad SMARTS) is 1. The van der Waals surface area contributed by atoms with E-state index in [-0.39, 0.29) is 11.8 Å². The maximum Gasteiger partial charge on any atom is 0.326 e. The lowest BCUT2D eigenvalue weighted by Gasteiger charge is -2.17. The average Bonchev–Trinajstić information content (AvgIpc) is 3.22. The van der Waals surface area contributed by atoms with Crippen LogP contribution in [-0.4, -0.2) is 23.0 Å². The molecule has 0 bridgehead atoms. The molecule has 1 fully saturated rings. The quantitative estimate of drug-likeness (QED) is 0.821. The van der Waals surface area contributed by atoms with Crippen LogP contribution in [0.25, 0.3) is 0 Å². The molecule has 1 aliphatic carbocycles. The lowest BCUT2D eigenvalue weighted by atomic mass is 10.0. The summed E-state index contributed by atoms with van der Waals surface area (Å²) in [5.74, 6) is -0.783. The van der Waals surface area contributed by atoms with Crippen LogP contribution >= 0.6 is 0 Å². The molecule has 19 heavy (non-hydrogen) atoms. The summed E-state index contributed by atoms with van der Waals surface area (Å²) in [6.45, 7) is 1.87. The number of carboxylic acids is 1. The lowest BCUT2D eigenvalue weighted by Crippen LogP contribution is -2.44. The Hall–Kier alpha value is -1.84. The fourth-order valence-electron chi connectivity index (χ4n) is 2.16. The summed E-state index contributed by atoms with van der Waals surface area (Å²) in [4.78, 5) is 23.2. The topological polar surface area (TPSA) is 66.4 Å². The van der Waals surface area contributed by atoms with E-state index in [1.807, 2.05) is 37.3 Å².